The van der Waals surface area contributed by atoms with E-state index in [0.29, 0.717) is 65.6 Å². The second-order valence-electron chi connectivity index (χ2n) is 7.77. The van der Waals surface area contributed by atoms with Gasteiger partial charge in [0.15, 0.2) is 0 Å². The molecule has 18 heteroatoms. The standard InChI is InChI=1S/C22H40N8O10/c23-29-26-5-7-35-9-11-37-13-15-39-17-20(31)25-4-2-1-3-19(22(33)34)28-21(32)18-40-16-14-38-12-10-36-8-6-27-30-24/h19H,1-18H2,(H,25,31)(H,28,32)(H,33,34). The highest BCUT2D eigenvalue weighted by Gasteiger charge is 2.19. The number of carbonyl (C=O) groups excluding carboxylic acids is 2. The Balaban J connectivity index is 3.68. The summed E-state index contributed by atoms with van der Waals surface area (Å²) in [4.78, 5) is 40.3. The summed E-state index contributed by atoms with van der Waals surface area (Å²) < 4.78 is 31.2. The van der Waals surface area contributed by atoms with Crippen molar-refractivity contribution in [3.05, 3.63) is 20.9 Å². The van der Waals surface area contributed by atoms with Crippen LogP contribution in [0.5, 0.6) is 0 Å². The minimum Gasteiger partial charge on any atom is -0.480 e. The van der Waals surface area contributed by atoms with Crippen LogP contribution >= 0.6 is 0 Å². The van der Waals surface area contributed by atoms with Gasteiger partial charge in [0.25, 0.3) is 0 Å². The first-order chi connectivity index (χ1) is 19.5. The number of hydrogen-bond acceptors (Lipinski definition) is 11. The molecule has 0 aliphatic rings. The van der Waals surface area contributed by atoms with Crippen LogP contribution in [-0.4, -0.2) is 128 Å². The van der Waals surface area contributed by atoms with Gasteiger partial charge < -0.3 is 44.2 Å². The molecule has 0 saturated heterocycles. The molecular formula is C22H40N8O10. The van der Waals surface area contributed by atoms with Gasteiger partial charge in [0.05, 0.1) is 66.1 Å². The van der Waals surface area contributed by atoms with Crippen molar-refractivity contribution < 1.29 is 47.9 Å². The van der Waals surface area contributed by atoms with Crippen LogP contribution in [0.25, 0.3) is 20.9 Å². The van der Waals surface area contributed by atoms with Gasteiger partial charge in [0.1, 0.15) is 19.3 Å². The number of carboxylic acids is 1. The molecule has 1 unspecified atom stereocenters. The van der Waals surface area contributed by atoms with Gasteiger partial charge in [-0.2, -0.15) is 0 Å². The van der Waals surface area contributed by atoms with Crippen molar-refractivity contribution in [3.63, 3.8) is 0 Å². The molecule has 0 radical (unpaired) electrons. The van der Waals surface area contributed by atoms with Crippen LogP contribution in [0.2, 0.25) is 0 Å². The maximum absolute atomic E-state index is 11.9. The smallest absolute Gasteiger partial charge is 0.326 e. The fourth-order valence-corrected chi connectivity index (χ4v) is 2.76. The van der Waals surface area contributed by atoms with E-state index in [1.807, 2.05) is 0 Å². The second-order valence-corrected chi connectivity index (χ2v) is 7.77. The van der Waals surface area contributed by atoms with Gasteiger partial charge in [0, 0.05) is 29.5 Å². The average Bonchev–Trinajstić information content (AvgIpc) is 2.93. The maximum atomic E-state index is 11.9. The summed E-state index contributed by atoms with van der Waals surface area (Å²) in [7, 11) is 0. The predicted molar refractivity (Wildman–Crippen MR) is 139 cm³/mol. The number of hydrogen-bond donors (Lipinski definition) is 3. The van der Waals surface area contributed by atoms with Crippen LogP contribution < -0.4 is 10.6 Å². The van der Waals surface area contributed by atoms with E-state index in [-0.39, 0.29) is 58.5 Å². The van der Waals surface area contributed by atoms with Gasteiger partial charge in [-0.05, 0) is 30.3 Å². The van der Waals surface area contributed by atoms with Crippen LogP contribution in [0, 0.1) is 0 Å². The highest BCUT2D eigenvalue weighted by molar-refractivity contribution is 5.84. The lowest BCUT2D eigenvalue weighted by molar-refractivity contribution is -0.142. The fourth-order valence-electron chi connectivity index (χ4n) is 2.76. The SMILES string of the molecule is [N-]=[N+]=NCCOCCOCCOCC(=O)NCCCCC(NC(=O)COCCOCCOCCN=[N+]=[N-])C(=O)O. The zero-order chi connectivity index (χ0) is 29.5. The Hall–Kier alpha value is -3.21. The minimum atomic E-state index is -1.16. The zero-order valence-corrected chi connectivity index (χ0v) is 22.6. The van der Waals surface area contributed by atoms with Crippen LogP contribution in [0.3, 0.4) is 0 Å². The van der Waals surface area contributed by atoms with Gasteiger partial charge in [-0.3, -0.25) is 9.59 Å². The van der Waals surface area contributed by atoms with Crippen molar-refractivity contribution in [1.29, 1.82) is 0 Å². The lowest BCUT2D eigenvalue weighted by atomic mass is 10.1. The van der Waals surface area contributed by atoms with E-state index in [4.69, 9.17) is 39.5 Å². The van der Waals surface area contributed by atoms with Crippen LogP contribution in [0.1, 0.15) is 19.3 Å². The quantitative estimate of drug-likeness (QED) is 0.0483. The molecule has 0 fully saturated rings. The van der Waals surface area contributed by atoms with Crippen molar-refractivity contribution in [1.82, 2.24) is 10.6 Å². The lowest BCUT2D eigenvalue weighted by Gasteiger charge is -2.15. The molecular weight excluding hydrogens is 536 g/mol. The van der Waals surface area contributed by atoms with Gasteiger partial charge in [-0.1, -0.05) is 10.2 Å². The van der Waals surface area contributed by atoms with Gasteiger partial charge in [-0.15, -0.1) is 0 Å². The summed E-state index contributed by atoms with van der Waals surface area (Å²) in [6, 6.07) is -1.06. The molecule has 2 amide bonds. The molecule has 1 atom stereocenters. The Morgan fingerprint density at radius 2 is 1.12 bits per heavy atom. The van der Waals surface area contributed by atoms with Crippen molar-refractivity contribution in [2.45, 2.75) is 25.3 Å². The number of amides is 2. The second kappa shape index (κ2) is 28.8. The topological polar surface area (TPSA) is 248 Å². The van der Waals surface area contributed by atoms with E-state index in [1.165, 1.54) is 0 Å². The number of nitrogens with zero attached hydrogens (tertiary/aromatic N) is 6. The molecule has 3 N–H and O–H groups in total. The molecule has 0 spiro atoms. The van der Waals surface area contributed by atoms with Gasteiger partial charge in [-0.25, -0.2) is 4.79 Å². The summed E-state index contributed by atoms with van der Waals surface area (Å²) in [5.74, 6) is -2.01. The number of carboxylic acid groups (broad SMARTS) is 1. The number of azide groups is 2. The number of ether oxygens (including phenoxy) is 6. The third kappa shape index (κ3) is 26.4. The number of carbonyl (C=O) groups is 3. The van der Waals surface area contributed by atoms with Crippen molar-refractivity contribution in [3.8, 4) is 0 Å². The number of aliphatic carboxylic acids is 1. The minimum absolute atomic E-state index is 0.127. The van der Waals surface area contributed by atoms with Gasteiger partial charge in [0.2, 0.25) is 11.8 Å². The fraction of sp³-hybridized carbons (Fsp3) is 0.864. The summed E-state index contributed by atoms with van der Waals surface area (Å²) in [5, 5.41) is 21.1. The lowest BCUT2D eigenvalue weighted by Crippen LogP contribution is -2.42. The van der Waals surface area contributed by atoms with Crippen molar-refractivity contribution in [2.75, 3.05) is 98.9 Å². The third-order valence-electron chi connectivity index (χ3n) is 4.63. The molecule has 0 saturated carbocycles. The largest absolute Gasteiger partial charge is 0.480 e. The summed E-state index contributed by atoms with van der Waals surface area (Å²) in [5.41, 5.74) is 16.2. The first kappa shape index (κ1) is 36.8. The normalized spacial score (nSPS) is 11.2. The number of nitrogens with one attached hydrogen (secondary N) is 2. The predicted octanol–water partition coefficient (Wildman–Crippen LogP) is 0.563. The van der Waals surface area contributed by atoms with E-state index in [9.17, 15) is 19.5 Å². The summed E-state index contributed by atoms with van der Waals surface area (Å²) in [6.07, 6.45) is 1.19. The summed E-state index contributed by atoms with van der Waals surface area (Å²) >= 11 is 0. The van der Waals surface area contributed by atoms with E-state index in [1.54, 1.807) is 0 Å². The molecule has 0 aliphatic heterocycles. The third-order valence-corrected chi connectivity index (χ3v) is 4.63. The molecule has 228 valence electrons. The highest BCUT2D eigenvalue weighted by Crippen LogP contribution is 2.01. The zero-order valence-electron chi connectivity index (χ0n) is 22.6. The van der Waals surface area contributed by atoms with Gasteiger partial charge >= 0.3 is 5.97 Å². The molecule has 0 heterocycles. The van der Waals surface area contributed by atoms with Crippen LogP contribution in [0.15, 0.2) is 10.2 Å². The maximum Gasteiger partial charge on any atom is 0.326 e. The van der Waals surface area contributed by atoms with E-state index < -0.39 is 17.9 Å². The first-order valence-electron chi connectivity index (χ1n) is 12.8. The molecule has 0 aliphatic carbocycles. The number of rotatable bonds is 29. The van der Waals surface area contributed by atoms with Crippen LogP contribution in [0.4, 0.5) is 0 Å². The molecule has 0 rings (SSSR count). The average molecular weight is 577 g/mol. The molecule has 0 aromatic heterocycles. The first-order valence-corrected chi connectivity index (χ1v) is 12.8. The van der Waals surface area contributed by atoms with Crippen LogP contribution in [-0.2, 0) is 42.8 Å². The molecule has 0 aromatic carbocycles. The Bertz CT molecular complexity index is 779. The molecule has 0 aromatic rings. The Labute approximate surface area is 232 Å². The van der Waals surface area contributed by atoms with E-state index in [2.05, 4.69) is 30.7 Å². The molecule has 40 heavy (non-hydrogen) atoms. The van der Waals surface area contributed by atoms with Crippen molar-refractivity contribution >= 4 is 17.8 Å². The van der Waals surface area contributed by atoms with Crippen molar-refractivity contribution in [2.24, 2.45) is 10.2 Å². The Kier molecular flexibility index (Phi) is 26.5. The molecule has 0 bridgehead atoms. The highest BCUT2D eigenvalue weighted by atomic mass is 16.5. The Morgan fingerprint density at radius 3 is 1.60 bits per heavy atom. The summed E-state index contributed by atoms with van der Waals surface area (Å²) in [6.45, 7) is 3.32. The molecule has 18 nitrogen and oxygen atoms in total. The number of unbranched alkanes of at least 4 members (excludes halogenated alkanes) is 1. The monoisotopic (exact) mass is 576 g/mol. The van der Waals surface area contributed by atoms with E-state index >= 15 is 0 Å². The van der Waals surface area contributed by atoms with E-state index in [0.717, 1.165) is 0 Å². The Morgan fingerprint density at radius 1 is 0.675 bits per heavy atom.